The van der Waals surface area contributed by atoms with Crippen LogP contribution in [0.5, 0.6) is 0 Å². The smallest absolute Gasteiger partial charge is 0.333 e. The topological polar surface area (TPSA) is 57.5 Å². The molecule has 102 valence electrons. The minimum atomic E-state index is -0.192. The van der Waals surface area contributed by atoms with E-state index in [1.807, 2.05) is 13.0 Å². The van der Waals surface area contributed by atoms with Crippen LogP contribution in [0.1, 0.15) is 40.0 Å². The highest BCUT2D eigenvalue weighted by molar-refractivity contribution is 5.89. The molecule has 1 heterocycles. The molecule has 0 radical (unpaired) electrons. The van der Waals surface area contributed by atoms with Crippen molar-refractivity contribution < 1.29 is 14.3 Å². The third-order valence-electron chi connectivity index (χ3n) is 3.69. The van der Waals surface area contributed by atoms with Crippen LogP contribution in [0.15, 0.2) is 11.6 Å². The summed E-state index contributed by atoms with van der Waals surface area (Å²) in [5, 5.41) is 3.38. The van der Waals surface area contributed by atoms with E-state index in [0.717, 1.165) is 24.8 Å². The van der Waals surface area contributed by atoms with Gasteiger partial charge in [0, 0.05) is 11.6 Å². The minimum absolute atomic E-state index is 0.0213. The SMILES string of the molecule is CCOC(=O)C1=CC(OC(CC)CC)[C@H]2N[C@H]2C1. The van der Waals surface area contributed by atoms with E-state index in [0.29, 0.717) is 18.7 Å². The van der Waals surface area contributed by atoms with Crippen LogP contribution in [0, 0.1) is 0 Å². The van der Waals surface area contributed by atoms with E-state index in [4.69, 9.17) is 9.47 Å². The lowest BCUT2D eigenvalue weighted by Gasteiger charge is -2.23. The van der Waals surface area contributed by atoms with Crippen LogP contribution in [0.4, 0.5) is 0 Å². The third-order valence-corrected chi connectivity index (χ3v) is 3.69. The summed E-state index contributed by atoms with van der Waals surface area (Å²) in [4.78, 5) is 11.8. The Morgan fingerprint density at radius 3 is 2.78 bits per heavy atom. The number of hydrogen-bond acceptors (Lipinski definition) is 4. The van der Waals surface area contributed by atoms with Gasteiger partial charge in [-0.15, -0.1) is 0 Å². The predicted molar refractivity (Wildman–Crippen MR) is 69.3 cm³/mol. The van der Waals surface area contributed by atoms with E-state index in [-0.39, 0.29) is 18.2 Å². The molecule has 2 rings (SSSR count). The van der Waals surface area contributed by atoms with Crippen molar-refractivity contribution in [1.82, 2.24) is 5.32 Å². The van der Waals surface area contributed by atoms with Crippen molar-refractivity contribution in [2.24, 2.45) is 0 Å². The van der Waals surface area contributed by atoms with Gasteiger partial charge in [0.25, 0.3) is 0 Å². The highest BCUT2D eigenvalue weighted by Crippen LogP contribution is 2.32. The van der Waals surface area contributed by atoms with Crippen LogP contribution in [-0.4, -0.2) is 36.9 Å². The number of ether oxygens (including phenoxy) is 2. The second-order valence-corrected chi connectivity index (χ2v) is 4.95. The zero-order valence-electron chi connectivity index (χ0n) is 11.4. The average Bonchev–Trinajstić information content (AvgIpc) is 3.15. The van der Waals surface area contributed by atoms with E-state index < -0.39 is 0 Å². The van der Waals surface area contributed by atoms with Crippen molar-refractivity contribution in [3.8, 4) is 0 Å². The molecule has 18 heavy (non-hydrogen) atoms. The van der Waals surface area contributed by atoms with Gasteiger partial charge in [-0.2, -0.15) is 0 Å². The minimum Gasteiger partial charge on any atom is -0.463 e. The molecule has 0 amide bonds. The first kappa shape index (κ1) is 13.6. The number of carbonyl (C=O) groups is 1. The second kappa shape index (κ2) is 5.85. The van der Waals surface area contributed by atoms with Crippen molar-refractivity contribution in [2.45, 2.75) is 64.3 Å². The Labute approximate surface area is 109 Å². The number of rotatable bonds is 6. The van der Waals surface area contributed by atoms with E-state index in [1.54, 1.807) is 0 Å². The molecular formula is C14H23NO3. The van der Waals surface area contributed by atoms with E-state index in [2.05, 4.69) is 19.2 Å². The molecule has 4 heteroatoms. The van der Waals surface area contributed by atoms with Gasteiger partial charge in [0.05, 0.1) is 24.9 Å². The normalized spacial score (nSPS) is 29.8. The summed E-state index contributed by atoms with van der Waals surface area (Å²) in [5.41, 5.74) is 0.763. The average molecular weight is 253 g/mol. The molecule has 1 unspecified atom stereocenters. The fraction of sp³-hybridized carbons (Fsp3) is 0.786. The van der Waals surface area contributed by atoms with Gasteiger partial charge < -0.3 is 14.8 Å². The summed E-state index contributed by atoms with van der Waals surface area (Å²) in [5.74, 6) is -0.192. The lowest BCUT2D eigenvalue weighted by Crippen LogP contribution is -2.30. The standard InChI is InChI=1S/C14H23NO3/c1-4-10(5-2)18-12-8-9(14(16)17-6-3)7-11-13(12)15-11/h8,10-13,15H,4-7H2,1-3H3/t11-,12?,13-/m0/s1. The number of carbonyl (C=O) groups excluding carboxylic acids is 1. The molecule has 1 fully saturated rings. The summed E-state index contributed by atoms with van der Waals surface area (Å²) in [6.45, 7) is 6.52. The molecule has 0 aromatic carbocycles. The molecule has 4 nitrogen and oxygen atoms in total. The highest BCUT2D eigenvalue weighted by Gasteiger charge is 2.47. The van der Waals surface area contributed by atoms with Crippen LogP contribution < -0.4 is 5.32 Å². The van der Waals surface area contributed by atoms with Gasteiger partial charge in [-0.1, -0.05) is 13.8 Å². The summed E-state index contributed by atoms with van der Waals surface area (Å²) < 4.78 is 11.1. The fourth-order valence-electron chi connectivity index (χ4n) is 2.51. The lowest BCUT2D eigenvalue weighted by molar-refractivity contribution is -0.138. The van der Waals surface area contributed by atoms with Crippen LogP contribution in [-0.2, 0) is 14.3 Å². The fourth-order valence-corrected chi connectivity index (χ4v) is 2.51. The molecule has 0 bridgehead atoms. The van der Waals surface area contributed by atoms with E-state index in [9.17, 15) is 4.79 Å². The Morgan fingerprint density at radius 2 is 2.17 bits per heavy atom. The van der Waals surface area contributed by atoms with Gasteiger partial charge in [0.1, 0.15) is 0 Å². The molecular weight excluding hydrogens is 230 g/mol. The second-order valence-electron chi connectivity index (χ2n) is 4.95. The Hall–Kier alpha value is -0.870. The number of nitrogens with one attached hydrogen (secondary N) is 1. The van der Waals surface area contributed by atoms with E-state index >= 15 is 0 Å². The van der Waals surface area contributed by atoms with Gasteiger partial charge in [0.2, 0.25) is 0 Å². The molecule has 0 spiro atoms. The summed E-state index contributed by atoms with van der Waals surface area (Å²) >= 11 is 0. The van der Waals surface area contributed by atoms with Gasteiger partial charge in [-0.05, 0) is 32.3 Å². The first-order valence-electron chi connectivity index (χ1n) is 6.98. The van der Waals surface area contributed by atoms with Crippen molar-refractivity contribution in [1.29, 1.82) is 0 Å². The van der Waals surface area contributed by atoms with Gasteiger partial charge in [-0.25, -0.2) is 4.79 Å². The van der Waals surface area contributed by atoms with Crippen LogP contribution in [0.25, 0.3) is 0 Å². The summed E-state index contributed by atoms with van der Waals surface area (Å²) in [6, 6.07) is 0.789. The van der Waals surface area contributed by atoms with Crippen LogP contribution >= 0.6 is 0 Å². The number of hydrogen-bond donors (Lipinski definition) is 1. The maximum absolute atomic E-state index is 11.8. The highest BCUT2D eigenvalue weighted by atomic mass is 16.5. The van der Waals surface area contributed by atoms with Gasteiger partial charge in [-0.3, -0.25) is 0 Å². The quantitative estimate of drug-likeness (QED) is 0.579. The van der Waals surface area contributed by atoms with Crippen molar-refractivity contribution in [2.75, 3.05) is 6.61 Å². The zero-order chi connectivity index (χ0) is 13.1. The molecule has 2 aliphatic rings. The Morgan fingerprint density at radius 1 is 1.44 bits per heavy atom. The Balaban J connectivity index is 2.00. The molecule has 3 atom stereocenters. The molecule has 1 N–H and O–H groups in total. The molecule has 0 saturated carbocycles. The molecule has 1 aliphatic heterocycles. The monoisotopic (exact) mass is 253 g/mol. The van der Waals surface area contributed by atoms with Crippen molar-refractivity contribution >= 4 is 5.97 Å². The molecule has 1 saturated heterocycles. The lowest BCUT2D eigenvalue weighted by atomic mass is 9.97. The van der Waals surface area contributed by atoms with Gasteiger partial charge >= 0.3 is 5.97 Å². The van der Waals surface area contributed by atoms with Crippen LogP contribution in [0.3, 0.4) is 0 Å². The van der Waals surface area contributed by atoms with Crippen molar-refractivity contribution in [3.05, 3.63) is 11.6 Å². The Kier molecular flexibility index (Phi) is 4.40. The molecule has 0 aromatic rings. The predicted octanol–water partition coefficient (Wildman–Crippen LogP) is 1.79. The number of fused-ring (bicyclic) bond motifs is 1. The summed E-state index contributed by atoms with van der Waals surface area (Å²) in [6.07, 6.45) is 5.04. The molecule has 1 aliphatic carbocycles. The van der Waals surface area contributed by atoms with Crippen molar-refractivity contribution in [3.63, 3.8) is 0 Å². The first-order chi connectivity index (χ1) is 8.69. The molecule has 0 aromatic heterocycles. The maximum atomic E-state index is 11.8. The maximum Gasteiger partial charge on any atom is 0.333 e. The number of esters is 1. The Bertz CT molecular complexity index is 336. The van der Waals surface area contributed by atoms with Crippen LogP contribution in [0.2, 0.25) is 0 Å². The summed E-state index contributed by atoms with van der Waals surface area (Å²) in [7, 11) is 0. The van der Waals surface area contributed by atoms with E-state index in [1.165, 1.54) is 0 Å². The largest absolute Gasteiger partial charge is 0.463 e. The zero-order valence-corrected chi connectivity index (χ0v) is 11.4. The van der Waals surface area contributed by atoms with Gasteiger partial charge in [0.15, 0.2) is 0 Å². The first-order valence-corrected chi connectivity index (χ1v) is 6.98. The third kappa shape index (κ3) is 2.93.